The summed E-state index contributed by atoms with van der Waals surface area (Å²) in [4.78, 5) is 39.4. The maximum Gasteiger partial charge on any atom is 0.332 e. The van der Waals surface area contributed by atoms with Crippen LogP contribution in [0.2, 0.25) is 0 Å². The predicted molar refractivity (Wildman–Crippen MR) is 162 cm³/mol. The van der Waals surface area contributed by atoms with Crippen molar-refractivity contribution in [2.45, 2.75) is 52.7 Å². The molecule has 1 saturated heterocycles. The molecule has 4 heterocycles. The number of fused-ring (bicyclic) bond motifs is 2. The van der Waals surface area contributed by atoms with Crippen LogP contribution in [-0.4, -0.2) is 43.5 Å². The standard InChI is InChI=1S/C31H35N7O3/c1-6-8-12-25-21(4)33-24(23-17-20(3)13-14-26(23)41-25)19-38-29(39)27-28(35(5)31(38)40)34-30(37(27)16-9-7-2)36-15-10-11-22(32)18-36/h6,8,12-14,17,22H,4,10-11,15-16,18-19,32H2,1-3,5H3/b8-6-,25-12+. The minimum absolute atomic E-state index is 0.00796. The van der Waals surface area contributed by atoms with Gasteiger partial charge in [0.25, 0.3) is 5.56 Å². The predicted octanol–water partition coefficient (Wildman–Crippen LogP) is 3.01. The van der Waals surface area contributed by atoms with Crippen LogP contribution in [0.1, 0.15) is 37.8 Å². The molecule has 41 heavy (non-hydrogen) atoms. The molecule has 1 aromatic carbocycles. The summed E-state index contributed by atoms with van der Waals surface area (Å²) in [5.41, 5.74) is 8.51. The first-order chi connectivity index (χ1) is 19.7. The lowest BCUT2D eigenvalue weighted by Gasteiger charge is -2.31. The minimum Gasteiger partial charge on any atom is -0.454 e. The van der Waals surface area contributed by atoms with Gasteiger partial charge in [0.15, 0.2) is 16.9 Å². The fourth-order valence-corrected chi connectivity index (χ4v) is 5.24. The second-order valence-corrected chi connectivity index (χ2v) is 10.3. The average Bonchev–Trinajstić information content (AvgIpc) is 3.29. The third kappa shape index (κ3) is 5.28. The third-order valence-electron chi connectivity index (χ3n) is 7.34. The summed E-state index contributed by atoms with van der Waals surface area (Å²) in [5.74, 6) is 7.63. The fraction of sp³-hybridized carbons (Fsp3) is 0.355. The Bertz CT molecular complexity index is 1810. The van der Waals surface area contributed by atoms with Gasteiger partial charge in [0, 0.05) is 31.7 Å². The number of hydrogen-bond acceptors (Lipinski definition) is 7. The van der Waals surface area contributed by atoms with E-state index in [2.05, 4.69) is 23.3 Å². The van der Waals surface area contributed by atoms with Crippen molar-refractivity contribution in [1.29, 1.82) is 0 Å². The number of nitrogens with two attached hydrogens (primary N) is 1. The van der Waals surface area contributed by atoms with E-state index in [9.17, 15) is 9.59 Å². The van der Waals surface area contributed by atoms with Gasteiger partial charge >= 0.3 is 5.69 Å². The van der Waals surface area contributed by atoms with E-state index in [-0.39, 0.29) is 19.1 Å². The van der Waals surface area contributed by atoms with Crippen LogP contribution in [-0.2, 0) is 20.1 Å². The molecule has 2 N–H and O–H groups in total. The van der Waals surface area contributed by atoms with Crippen LogP contribution in [0.15, 0.2) is 69.0 Å². The first-order valence-corrected chi connectivity index (χ1v) is 13.7. The zero-order valence-corrected chi connectivity index (χ0v) is 24.0. The van der Waals surface area contributed by atoms with Gasteiger partial charge in [0.05, 0.1) is 24.5 Å². The van der Waals surface area contributed by atoms with Crippen molar-refractivity contribution in [3.63, 3.8) is 0 Å². The summed E-state index contributed by atoms with van der Waals surface area (Å²) in [6, 6.07) is 5.75. The Morgan fingerprint density at radius 2 is 2.07 bits per heavy atom. The van der Waals surface area contributed by atoms with Crippen LogP contribution >= 0.6 is 0 Å². The van der Waals surface area contributed by atoms with Crippen LogP contribution in [0, 0.1) is 18.8 Å². The van der Waals surface area contributed by atoms with Gasteiger partial charge in [0.1, 0.15) is 5.75 Å². The Morgan fingerprint density at radius 3 is 2.80 bits per heavy atom. The van der Waals surface area contributed by atoms with E-state index in [1.54, 1.807) is 24.6 Å². The summed E-state index contributed by atoms with van der Waals surface area (Å²) >= 11 is 0. The molecule has 2 aliphatic rings. The number of ether oxygens (including phenoxy) is 1. The van der Waals surface area contributed by atoms with Gasteiger partial charge in [0.2, 0.25) is 5.95 Å². The van der Waals surface area contributed by atoms with Gasteiger partial charge in [-0.1, -0.05) is 36.3 Å². The first-order valence-electron chi connectivity index (χ1n) is 13.7. The first kappa shape index (κ1) is 27.9. The quantitative estimate of drug-likeness (QED) is 0.486. The molecule has 212 valence electrons. The van der Waals surface area contributed by atoms with E-state index in [1.165, 1.54) is 9.13 Å². The zero-order valence-electron chi connectivity index (χ0n) is 24.0. The van der Waals surface area contributed by atoms with Crippen molar-refractivity contribution >= 4 is 22.8 Å². The number of imidazole rings is 1. The van der Waals surface area contributed by atoms with E-state index in [0.717, 1.165) is 24.9 Å². The van der Waals surface area contributed by atoms with E-state index >= 15 is 0 Å². The molecular formula is C31H35N7O3. The number of benzene rings is 1. The second-order valence-electron chi connectivity index (χ2n) is 10.3. The molecule has 0 radical (unpaired) electrons. The van der Waals surface area contributed by atoms with Gasteiger partial charge in [-0.15, -0.1) is 5.92 Å². The zero-order chi connectivity index (χ0) is 29.3. The average molecular weight is 554 g/mol. The van der Waals surface area contributed by atoms with E-state index in [4.69, 9.17) is 20.4 Å². The van der Waals surface area contributed by atoms with Crippen LogP contribution in [0.4, 0.5) is 5.95 Å². The Morgan fingerprint density at radius 1 is 1.27 bits per heavy atom. The highest BCUT2D eigenvalue weighted by molar-refractivity contribution is 6.04. The number of rotatable bonds is 5. The summed E-state index contributed by atoms with van der Waals surface area (Å²) in [7, 11) is 1.63. The molecular weight excluding hydrogens is 518 g/mol. The van der Waals surface area contributed by atoms with Crippen LogP contribution in [0.3, 0.4) is 0 Å². The van der Waals surface area contributed by atoms with E-state index < -0.39 is 11.2 Å². The van der Waals surface area contributed by atoms with Gasteiger partial charge < -0.3 is 15.4 Å². The number of aryl methyl sites for hydroxylation is 2. The second kappa shape index (κ2) is 11.5. The summed E-state index contributed by atoms with van der Waals surface area (Å²) in [6.45, 7) is 11.3. The van der Waals surface area contributed by atoms with Crippen molar-refractivity contribution in [2.75, 3.05) is 18.0 Å². The molecule has 0 amide bonds. The van der Waals surface area contributed by atoms with Gasteiger partial charge in [-0.3, -0.25) is 18.5 Å². The Kier molecular flexibility index (Phi) is 7.81. The molecule has 5 rings (SSSR count). The lowest BCUT2D eigenvalue weighted by Crippen LogP contribution is -2.44. The number of aromatic nitrogens is 4. The van der Waals surface area contributed by atoms with Crippen molar-refractivity contribution in [2.24, 2.45) is 17.8 Å². The Balaban J connectivity index is 1.70. The highest BCUT2D eigenvalue weighted by Gasteiger charge is 2.27. The van der Waals surface area contributed by atoms with Crippen LogP contribution < -0.4 is 26.6 Å². The Hall–Kier alpha value is -4.62. The molecule has 2 aromatic heterocycles. The number of hydrogen-bond donors (Lipinski definition) is 1. The number of allylic oxidation sites excluding steroid dienone is 3. The number of piperidine rings is 1. The molecule has 2 aliphatic heterocycles. The largest absolute Gasteiger partial charge is 0.454 e. The van der Waals surface area contributed by atoms with Crippen molar-refractivity contribution in [3.8, 4) is 17.6 Å². The van der Waals surface area contributed by atoms with Crippen molar-refractivity contribution in [1.82, 2.24) is 18.7 Å². The SMILES string of the molecule is C=C1N=C(Cn2c(=O)c3c(nc(N4CCCC(N)C4)n3CC#CC)n(C)c2=O)c2cc(C)ccc2O/C1=C/C=C\C. The number of anilines is 1. The monoisotopic (exact) mass is 553 g/mol. The lowest BCUT2D eigenvalue weighted by molar-refractivity contribution is 0.437. The molecule has 3 aromatic rings. The summed E-state index contributed by atoms with van der Waals surface area (Å²) < 4.78 is 10.6. The van der Waals surface area contributed by atoms with Crippen molar-refractivity contribution in [3.05, 3.63) is 86.4 Å². The Labute approximate surface area is 238 Å². The highest BCUT2D eigenvalue weighted by Crippen LogP contribution is 2.30. The molecule has 0 saturated carbocycles. The molecule has 0 spiro atoms. The van der Waals surface area contributed by atoms with E-state index in [1.807, 2.05) is 44.2 Å². The maximum atomic E-state index is 14.1. The number of nitrogens with zero attached hydrogens (tertiary/aromatic N) is 6. The minimum atomic E-state index is -0.493. The molecule has 1 unspecified atom stereocenters. The van der Waals surface area contributed by atoms with E-state index in [0.29, 0.717) is 52.1 Å². The fourth-order valence-electron chi connectivity index (χ4n) is 5.24. The molecule has 1 fully saturated rings. The third-order valence-corrected chi connectivity index (χ3v) is 7.34. The molecule has 10 nitrogen and oxygen atoms in total. The summed E-state index contributed by atoms with van der Waals surface area (Å²) in [5, 5.41) is 0. The molecule has 0 bridgehead atoms. The molecule has 1 atom stereocenters. The van der Waals surface area contributed by atoms with Crippen molar-refractivity contribution < 1.29 is 4.74 Å². The van der Waals surface area contributed by atoms with Gasteiger partial charge in [-0.25, -0.2) is 9.79 Å². The van der Waals surface area contributed by atoms with Crippen LogP contribution in [0.25, 0.3) is 11.2 Å². The van der Waals surface area contributed by atoms with Gasteiger partial charge in [-0.05, 0) is 51.8 Å². The summed E-state index contributed by atoms with van der Waals surface area (Å²) in [6.07, 6.45) is 7.36. The van der Waals surface area contributed by atoms with Gasteiger partial charge in [-0.2, -0.15) is 4.98 Å². The smallest absolute Gasteiger partial charge is 0.332 e. The molecule has 10 heteroatoms. The highest BCUT2D eigenvalue weighted by atomic mass is 16.5. The van der Waals surface area contributed by atoms with Crippen LogP contribution in [0.5, 0.6) is 5.75 Å². The topological polar surface area (TPSA) is 113 Å². The number of aliphatic imine (C=N–C) groups is 1. The molecule has 0 aliphatic carbocycles. The normalized spacial score (nSPS) is 18.2. The lowest BCUT2D eigenvalue weighted by atomic mass is 10.1. The maximum absolute atomic E-state index is 14.1.